The minimum absolute atomic E-state index is 0.172. The first-order valence-electron chi connectivity index (χ1n) is 12.6. The molecule has 9 nitrogen and oxygen atoms in total. The Kier molecular flexibility index (Phi) is 8.31. The summed E-state index contributed by atoms with van der Waals surface area (Å²) < 4.78 is 11.0. The van der Waals surface area contributed by atoms with Crippen LogP contribution in [0.5, 0.6) is 11.5 Å². The summed E-state index contributed by atoms with van der Waals surface area (Å²) in [5.41, 5.74) is 1.83. The Morgan fingerprint density at radius 2 is 1.61 bits per heavy atom. The number of benzene rings is 4. The second kappa shape index (κ2) is 12.4. The fourth-order valence-electron chi connectivity index (χ4n) is 4.21. The number of thioether (sulfide) groups is 1. The molecule has 4 aromatic carbocycles. The molecule has 1 aliphatic rings. The quantitative estimate of drug-likeness (QED) is 0.255. The second-order valence-electron chi connectivity index (χ2n) is 8.96. The molecule has 0 aliphatic carbocycles. The van der Waals surface area contributed by atoms with Crippen LogP contribution in [-0.2, 0) is 14.4 Å². The number of imide groups is 1. The van der Waals surface area contributed by atoms with E-state index in [1.165, 1.54) is 7.11 Å². The lowest BCUT2D eigenvalue weighted by molar-refractivity contribution is -0.127. The van der Waals surface area contributed by atoms with E-state index in [1.807, 2.05) is 54.6 Å². The molecule has 1 aliphatic heterocycles. The lowest BCUT2D eigenvalue weighted by Gasteiger charge is -2.13. The SMILES string of the molecule is COc1cc(/C=C2\SC(=O)N(CC(=O)Nc3cccc4ccccc34)C2=O)ccc1OCC(=O)Nc1ccccc1. The van der Waals surface area contributed by atoms with Gasteiger partial charge in [-0.15, -0.1) is 0 Å². The van der Waals surface area contributed by atoms with Gasteiger partial charge in [0.05, 0.1) is 12.0 Å². The molecule has 206 valence electrons. The van der Waals surface area contributed by atoms with E-state index in [2.05, 4.69) is 10.6 Å². The van der Waals surface area contributed by atoms with Gasteiger partial charge in [-0.25, -0.2) is 0 Å². The molecular formula is C31H25N3O6S. The molecule has 10 heteroatoms. The molecule has 0 bridgehead atoms. The Hall–Kier alpha value is -5.09. The third-order valence-corrected chi connectivity index (χ3v) is 7.05. The molecule has 5 rings (SSSR count). The topological polar surface area (TPSA) is 114 Å². The average molecular weight is 568 g/mol. The van der Waals surface area contributed by atoms with Crippen molar-refractivity contribution in [3.05, 3.63) is 101 Å². The number of ether oxygens (including phenoxy) is 2. The van der Waals surface area contributed by atoms with Crippen LogP contribution in [0.15, 0.2) is 95.9 Å². The number of amides is 4. The molecule has 0 atom stereocenters. The van der Waals surface area contributed by atoms with Gasteiger partial charge in [0.2, 0.25) is 5.91 Å². The van der Waals surface area contributed by atoms with Gasteiger partial charge >= 0.3 is 0 Å². The third-order valence-electron chi connectivity index (χ3n) is 6.14. The van der Waals surface area contributed by atoms with Crippen LogP contribution in [0.25, 0.3) is 16.8 Å². The summed E-state index contributed by atoms with van der Waals surface area (Å²) in [5, 5.41) is 6.82. The van der Waals surface area contributed by atoms with E-state index in [0.29, 0.717) is 28.4 Å². The summed E-state index contributed by atoms with van der Waals surface area (Å²) in [4.78, 5) is 51.7. The van der Waals surface area contributed by atoms with Crippen molar-refractivity contribution in [1.82, 2.24) is 4.90 Å². The molecule has 1 fully saturated rings. The number of carbonyl (C=O) groups excluding carboxylic acids is 4. The van der Waals surface area contributed by atoms with E-state index < -0.39 is 23.6 Å². The first-order valence-corrected chi connectivity index (χ1v) is 13.4. The van der Waals surface area contributed by atoms with Crippen LogP contribution < -0.4 is 20.1 Å². The van der Waals surface area contributed by atoms with Crippen molar-refractivity contribution in [2.75, 3.05) is 30.9 Å². The second-order valence-corrected chi connectivity index (χ2v) is 9.95. The zero-order valence-electron chi connectivity index (χ0n) is 22.0. The van der Waals surface area contributed by atoms with E-state index in [0.717, 1.165) is 27.4 Å². The van der Waals surface area contributed by atoms with Gasteiger partial charge in [-0.2, -0.15) is 0 Å². The third kappa shape index (κ3) is 6.56. The standard InChI is InChI=1S/C31H25N3O6S/c1-39-26-16-20(14-15-25(26)40-19-29(36)32-22-10-3-2-4-11-22)17-27-30(37)34(31(38)41-27)18-28(35)33-24-13-7-9-21-8-5-6-12-23(21)24/h2-17H,18-19H2,1H3,(H,32,36)(H,33,35)/b27-17-. The fourth-order valence-corrected chi connectivity index (χ4v) is 5.05. The number of nitrogens with zero attached hydrogens (tertiary/aromatic N) is 1. The highest BCUT2D eigenvalue weighted by Gasteiger charge is 2.36. The number of hydrogen-bond donors (Lipinski definition) is 2. The van der Waals surface area contributed by atoms with Crippen molar-refractivity contribution < 1.29 is 28.7 Å². The van der Waals surface area contributed by atoms with Gasteiger partial charge in [0.15, 0.2) is 18.1 Å². The molecule has 4 aromatic rings. The van der Waals surface area contributed by atoms with E-state index in [4.69, 9.17) is 9.47 Å². The molecule has 0 radical (unpaired) electrons. The first kappa shape index (κ1) is 27.5. The monoisotopic (exact) mass is 567 g/mol. The number of nitrogens with one attached hydrogen (secondary N) is 2. The highest BCUT2D eigenvalue weighted by atomic mass is 32.2. The van der Waals surface area contributed by atoms with Gasteiger partial charge in [0, 0.05) is 16.8 Å². The minimum Gasteiger partial charge on any atom is -0.493 e. The summed E-state index contributed by atoms with van der Waals surface area (Å²) in [5.74, 6) is -0.694. The molecule has 0 unspecified atom stereocenters. The van der Waals surface area contributed by atoms with Crippen LogP contribution in [0.1, 0.15) is 5.56 Å². The van der Waals surface area contributed by atoms with Gasteiger partial charge in [-0.05, 0) is 59.1 Å². The number of rotatable bonds is 9. The predicted octanol–water partition coefficient (Wildman–Crippen LogP) is 5.54. The van der Waals surface area contributed by atoms with Gasteiger partial charge < -0.3 is 20.1 Å². The molecule has 1 heterocycles. The molecule has 2 N–H and O–H groups in total. The maximum absolute atomic E-state index is 13.0. The summed E-state index contributed by atoms with van der Waals surface area (Å²) in [6.07, 6.45) is 1.54. The average Bonchev–Trinajstić information content (AvgIpc) is 3.24. The molecule has 0 spiro atoms. The Morgan fingerprint density at radius 1 is 0.854 bits per heavy atom. The van der Waals surface area contributed by atoms with Gasteiger partial charge in [-0.3, -0.25) is 24.1 Å². The molecular weight excluding hydrogens is 542 g/mol. The van der Waals surface area contributed by atoms with E-state index in [1.54, 1.807) is 42.5 Å². The van der Waals surface area contributed by atoms with Gasteiger partial charge in [0.25, 0.3) is 17.1 Å². The van der Waals surface area contributed by atoms with Crippen molar-refractivity contribution in [3.63, 3.8) is 0 Å². The van der Waals surface area contributed by atoms with Gasteiger partial charge in [-0.1, -0.05) is 60.7 Å². The van der Waals surface area contributed by atoms with Gasteiger partial charge in [0.1, 0.15) is 6.54 Å². The highest BCUT2D eigenvalue weighted by molar-refractivity contribution is 8.18. The first-order chi connectivity index (χ1) is 19.9. The van der Waals surface area contributed by atoms with E-state index in [-0.39, 0.29) is 17.4 Å². The zero-order chi connectivity index (χ0) is 28.8. The van der Waals surface area contributed by atoms with Crippen LogP contribution in [0.2, 0.25) is 0 Å². The molecule has 0 saturated carbocycles. The van der Waals surface area contributed by atoms with Crippen LogP contribution in [-0.4, -0.2) is 48.1 Å². The normalized spacial score (nSPS) is 13.9. The van der Waals surface area contributed by atoms with Crippen LogP contribution in [0.4, 0.5) is 16.2 Å². The van der Waals surface area contributed by atoms with Crippen LogP contribution >= 0.6 is 11.8 Å². The van der Waals surface area contributed by atoms with Crippen molar-refractivity contribution >= 4 is 62.9 Å². The maximum atomic E-state index is 13.0. The molecule has 1 saturated heterocycles. The number of anilines is 2. The van der Waals surface area contributed by atoms with Crippen LogP contribution in [0, 0.1) is 0 Å². The lowest BCUT2D eigenvalue weighted by atomic mass is 10.1. The van der Waals surface area contributed by atoms with Crippen molar-refractivity contribution in [1.29, 1.82) is 0 Å². The summed E-state index contributed by atoms with van der Waals surface area (Å²) in [6.45, 7) is -0.642. The molecule has 0 aromatic heterocycles. The lowest BCUT2D eigenvalue weighted by Crippen LogP contribution is -2.36. The molecule has 41 heavy (non-hydrogen) atoms. The highest BCUT2D eigenvalue weighted by Crippen LogP contribution is 2.34. The fraction of sp³-hybridized carbons (Fsp3) is 0.0968. The van der Waals surface area contributed by atoms with E-state index in [9.17, 15) is 19.2 Å². The number of para-hydroxylation sites is 1. The maximum Gasteiger partial charge on any atom is 0.294 e. The number of hydrogen-bond acceptors (Lipinski definition) is 7. The van der Waals surface area contributed by atoms with E-state index >= 15 is 0 Å². The van der Waals surface area contributed by atoms with Crippen LogP contribution in [0.3, 0.4) is 0 Å². The van der Waals surface area contributed by atoms with Crippen molar-refractivity contribution in [2.45, 2.75) is 0 Å². The van der Waals surface area contributed by atoms with Crippen molar-refractivity contribution in [3.8, 4) is 11.5 Å². The molecule has 4 amide bonds. The summed E-state index contributed by atoms with van der Waals surface area (Å²) in [6, 6.07) is 27.1. The number of fused-ring (bicyclic) bond motifs is 1. The smallest absolute Gasteiger partial charge is 0.294 e. The predicted molar refractivity (Wildman–Crippen MR) is 159 cm³/mol. The Balaban J connectivity index is 1.22. The largest absolute Gasteiger partial charge is 0.493 e. The Morgan fingerprint density at radius 3 is 2.41 bits per heavy atom. The Bertz CT molecular complexity index is 1670. The minimum atomic E-state index is -0.565. The number of carbonyl (C=O) groups is 4. The number of methoxy groups -OCH3 is 1. The summed E-state index contributed by atoms with van der Waals surface area (Å²) in [7, 11) is 1.46. The zero-order valence-corrected chi connectivity index (χ0v) is 22.8. The summed E-state index contributed by atoms with van der Waals surface area (Å²) >= 11 is 0.754. The van der Waals surface area contributed by atoms with Crippen molar-refractivity contribution in [2.24, 2.45) is 0 Å². The Labute approximate surface area is 240 Å².